The van der Waals surface area contributed by atoms with E-state index < -0.39 is 0 Å². The van der Waals surface area contributed by atoms with Crippen molar-refractivity contribution in [3.63, 3.8) is 0 Å². The van der Waals surface area contributed by atoms with Crippen molar-refractivity contribution in [1.82, 2.24) is 0 Å². The molecular weight excluding hydrogens is 267 g/mol. The van der Waals surface area contributed by atoms with Gasteiger partial charge < -0.3 is 5.11 Å². The molecule has 1 nitrogen and oxygen atoms in total. The van der Waals surface area contributed by atoms with Crippen LogP contribution in [0, 0.1) is 17.7 Å². The highest BCUT2D eigenvalue weighted by Crippen LogP contribution is 2.26. The minimum atomic E-state index is -0.208. The van der Waals surface area contributed by atoms with Crippen LogP contribution in [0.25, 0.3) is 0 Å². The van der Waals surface area contributed by atoms with Gasteiger partial charge in [0, 0.05) is 15.5 Å². The maximum absolute atomic E-state index is 13.0. The van der Waals surface area contributed by atoms with E-state index in [1.54, 1.807) is 29.2 Å². The number of aliphatic hydroxyl groups excluding tert-OH is 1. The van der Waals surface area contributed by atoms with Crippen molar-refractivity contribution in [2.75, 3.05) is 6.61 Å². The maximum Gasteiger partial charge on any atom is 0.124 e. The molecule has 0 spiro atoms. The Bertz CT molecular complexity index is 581. The predicted molar refractivity (Wildman–Crippen MR) is 74.2 cm³/mol. The van der Waals surface area contributed by atoms with Crippen LogP contribution < -0.4 is 0 Å². The number of thioether (sulfide) groups is 1. The molecule has 1 aromatic carbocycles. The highest BCUT2D eigenvalue weighted by molar-refractivity contribution is 7.98. The van der Waals surface area contributed by atoms with Crippen molar-refractivity contribution < 1.29 is 9.50 Å². The summed E-state index contributed by atoms with van der Waals surface area (Å²) in [5.74, 6) is 6.08. The van der Waals surface area contributed by atoms with E-state index in [9.17, 15) is 4.39 Å². The van der Waals surface area contributed by atoms with Crippen molar-refractivity contribution >= 4 is 23.1 Å². The standard InChI is InChI=1S/C14H11FOS2/c15-11-3-1-4-13(9-11)17-10-14-7-6-12(18-14)5-2-8-16/h1,3-4,6-7,9,16H,8,10H2. The number of aliphatic hydroxyl groups is 1. The van der Waals surface area contributed by atoms with Crippen molar-refractivity contribution in [2.45, 2.75) is 10.6 Å². The molecule has 1 N–H and O–H groups in total. The average Bonchev–Trinajstić information content (AvgIpc) is 2.82. The molecule has 1 aromatic heterocycles. The smallest absolute Gasteiger partial charge is 0.124 e. The fourth-order valence-corrected chi connectivity index (χ4v) is 3.23. The summed E-state index contributed by atoms with van der Waals surface area (Å²) in [6, 6.07) is 10.5. The van der Waals surface area contributed by atoms with Gasteiger partial charge in [-0.05, 0) is 30.3 Å². The normalized spacial score (nSPS) is 9.89. The third-order valence-corrected chi connectivity index (χ3v) is 4.36. The molecule has 0 radical (unpaired) electrons. The maximum atomic E-state index is 13.0. The summed E-state index contributed by atoms with van der Waals surface area (Å²) in [6.07, 6.45) is 0. The topological polar surface area (TPSA) is 20.2 Å². The van der Waals surface area contributed by atoms with Crippen LogP contribution in [0.15, 0.2) is 41.3 Å². The molecule has 0 fully saturated rings. The summed E-state index contributed by atoms with van der Waals surface area (Å²) in [4.78, 5) is 3.05. The van der Waals surface area contributed by atoms with E-state index in [1.807, 2.05) is 18.2 Å². The minimum Gasteiger partial charge on any atom is -0.384 e. The number of hydrogen-bond acceptors (Lipinski definition) is 3. The molecule has 0 amide bonds. The van der Waals surface area contributed by atoms with Crippen molar-refractivity contribution in [2.24, 2.45) is 0 Å². The van der Waals surface area contributed by atoms with Crippen LogP contribution in [0.1, 0.15) is 9.75 Å². The van der Waals surface area contributed by atoms with Gasteiger partial charge in [0.25, 0.3) is 0 Å². The summed E-state index contributed by atoms with van der Waals surface area (Å²) < 4.78 is 13.0. The monoisotopic (exact) mass is 278 g/mol. The quantitative estimate of drug-likeness (QED) is 0.684. The lowest BCUT2D eigenvalue weighted by atomic mass is 10.4. The second-order valence-electron chi connectivity index (χ2n) is 3.47. The summed E-state index contributed by atoms with van der Waals surface area (Å²) in [7, 11) is 0. The van der Waals surface area contributed by atoms with Crippen molar-refractivity contribution in [3.8, 4) is 11.8 Å². The number of halogens is 1. The molecule has 0 aliphatic carbocycles. The van der Waals surface area contributed by atoms with Gasteiger partial charge in [0.2, 0.25) is 0 Å². The number of rotatable bonds is 3. The molecule has 0 bridgehead atoms. The van der Waals surface area contributed by atoms with Gasteiger partial charge in [0.05, 0.1) is 4.88 Å². The van der Waals surface area contributed by atoms with Gasteiger partial charge >= 0.3 is 0 Å². The molecule has 92 valence electrons. The molecule has 0 saturated heterocycles. The largest absolute Gasteiger partial charge is 0.384 e. The van der Waals surface area contributed by atoms with Crippen molar-refractivity contribution in [1.29, 1.82) is 0 Å². The molecule has 0 aliphatic heterocycles. The van der Waals surface area contributed by atoms with Gasteiger partial charge in [-0.2, -0.15) is 0 Å². The first-order chi connectivity index (χ1) is 8.78. The highest BCUT2D eigenvalue weighted by atomic mass is 32.2. The average molecular weight is 278 g/mol. The van der Waals surface area contributed by atoms with E-state index in [-0.39, 0.29) is 12.4 Å². The van der Waals surface area contributed by atoms with Gasteiger partial charge in [-0.3, -0.25) is 0 Å². The third-order valence-electron chi connectivity index (χ3n) is 2.13. The molecule has 2 rings (SSSR count). The van der Waals surface area contributed by atoms with Crippen LogP contribution in [0.3, 0.4) is 0 Å². The van der Waals surface area contributed by atoms with E-state index in [1.165, 1.54) is 17.0 Å². The zero-order valence-corrected chi connectivity index (χ0v) is 11.2. The first-order valence-electron chi connectivity index (χ1n) is 5.35. The van der Waals surface area contributed by atoms with Crippen LogP contribution >= 0.6 is 23.1 Å². The van der Waals surface area contributed by atoms with Crippen LogP contribution in [-0.4, -0.2) is 11.7 Å². The first-order valence-corrected chi connectivity index (χ1v) is 7.15. The molecule has 18 heavy (non-hydrogen) atoms. The van der Waals surface area contributed by atoms with E-state index in [0.29, 0.717) is 0 Å². The molecule has 2 aromatic rings. The molecular formula is C14H11FOS2. The molecule has 1 heterocycles. The van der Waals surface area contributed by atoms with Crippen molar-refractivity contribution in [3.05, 3.63) is 52.0 Å². The second-order valence-corrected chi connectivity index (χ2v) is 5.69. The van der Waals surface area contributed by atoms with E-state index in [0.717, 1.165) is 15.5 Å². The van der Waals surface area contributed by atoms with Crippen LogP contribution in [0.2, 0.25) is 0 Å². The molecule has 4 heteroatoms. The Morgan fingerprint density at radius 3 is 2.94 bits per heavy atom. The van der Waals surface area contributed by atoms with Crippen LogP contribution in [0.5, 0.6) is 0 Å². The highest BCUT2D eigenvalue weighted by Gasteiger charge is 2.01. The molecule has 0 unspecified atom stereocenters. The van der Waals surface area contributed by atoms with Gasteiger partial charge in [-0.25, -0.2) is 4.39 Å². The Morgan fingerprint density at radius 1 is 1.28 bits per heavy atom. The minimum absolute atomic E-state index is 0.120. The lowest BCUT2D eigenvalue weighted by Gasteiger charge is -1.99. The summed E-state index contributed by atoms with van der Waals surface area (Å²) >= 11 is 3.19. The van der Waals surface area contributed by atoms with Crippen LogP contribution in [-0.2, 0) is 5.75 Å². The predicted octanol–water partition coefficient (Wildman–Crippen LogP) is 3.52. The lowest BCUT2D eigenvalue weighted by molar-refractivity contribution is 0.350. The second kappa shape index (κ2) is 6.60. The number of thiophene rings is 1. The van der Waals surface area contributed by atoms with Crippen LogP contribution in [0.4, 0.5) is 4.39 Å². The Balaban J connectivity index is 1.96. The summed E-state index contributed by atoms with van der Waals surface area (Å²) in [5.41, 5.74) is 0. The number of hydrogen-bond donors (Lipinski definition) is 1. The third kappa shape index (κ3) is 3.88. The van der Waals surface area contributed by atoms with E-state index >= 15 is 0 Å². The van der Waals surface area contributed by atoms with Gasteiger partial charge in [0.1, 0.15) is 12.4 Å². The fraction of sp³-hybridized carbons (Fsp3) is 0.143. The summed E-state index contributed by atoms with van der Waals surface area (Å²) in [6.45, 7) is -0.120. The molecule has 0 atom stereocenters. The molecule has 0 saturated carbocycles. The van der Waals surface area contributed by atoms with Gasteiger partial charge in [-0.1, -0.05) is 17.9 Å². The Kier molecular flexibility index (Phi) is 4.82. The van der Waals surface area contributed by atoms with E-state index in [4.69, 9.17) is 5.11 Å². The first kappa shape index (κ1) is 13.2. The molecule has 0 aliphatic rings. The Morgan fingerprint density at radius 2 is 2.17 bits per heavy atom. The lowest BCUT2D eigenvalue weighted by Crippen LogP contribution is -1.77. The van der Waals surface area contributed by atoms with E-state index in [2.05, 4.69) is 11.8 Å². The van der Waals surface area contributed by atoms with Gasteiger partial charge in [-0.15, -0.1) is 23.1 Å². The zero-order chi connectivity index (χ0) is 12.8. The number of benzene rings is 1. The zero-order valence-electron chi connectivity index (χ0n) is 9.52. The van der Waals surface area contributed by atoms with Gasteiger partial charge in [0.15, 0.2) is 0 Å². The fourth-order valence-electron chi connectivity index (χ4n) is 1.36. The Labute approximate surface area is 114 Å². The SMILES string of the molecule is OCC#Cc1ccc(CSc2cccc(F)c2)s1. The summed E-state index contributed by atoms with van der Waals surface area (Å²) in [5, 5.41) is 8.60. The Hall–Kier alpha value is -1.28.